The SMILES string of the molecule is CC[C@H](C)[C@H](NC(=O)[C@@H](NC(=O)[C@H](CS)NC(=O)[C@H](CCCNC(=N)N)NC(=O)[C@H](Cc1ccc(O)cc1)NC(=O)[C@H](CC(C)C)NC(=O)CNC(=O)[C@H](CO)NC(=O)[C@H](CC(=O)O)NC(=O)[C@@H](NC(=O)[C@@H](NC(=O)[C@H](CCC(N)=O)NC(=O)[C@@H](N)CC(C)C)C(C)C)[C@@H](C)O)C(C)C)C(=O)N[C@@H](Cc1ccc(O)cc1)C(=O)N[C@@H](Cc1cnc[nH]1)C(=O)N1CCC[C@H]1C(=O)N1CCC[C@H]1C(=O)O.O=C(O)C(F)(F)F. The Labute approximate surface area is 839 Å². The number of alkyl halides is 3. The number of likely N-dealkylation sites (tertiary alicyclic amines) is 2. The third-order valence-corrected chi connectivity index (χ3v) is 23.6. The van der Waals surface area contributed by atoms with E-state index in [1.54, 1.807) is 55.4 Å². The number of primary amides is 1. The highest BCUT2D eigenvalue weighted by molar-refractivity contribution is 7.80. The Morgan fingerprint density at radius 3 is 1.41 bits per heavy atom. The van der Waals surface area contributed by atoms with E-state index in [0.717, 1.165) is 6.92 Å². The second kappa shape index (κ2) is 59.9. The van der Waals surface area contributed by atoms with Gasteiger partial charge in [0.2, 0.25) is 100 Å². The maximum Gasteiger partial charge on any atom is 0.490 e. The number of carbonyl (C=O) groups excluding carboxylic acids is 17. The van der Waals surface area contributed by atoms with Crippen LogP contribution in [0.25, 0.3) is 0 Å². The lowest BCUT2D eigenvalue weighted by Crippen LogP contribution is -2.62. The number of H-pyrrole nitrogens is 1. The van der Waals surface area contributed by atoms with Gasteiger partial charge in [0.15, 0.2) is 5.96 Å². The van der Waals surface area contributed by atoms with E-state index >= 15 is 0 Å². The number of aliphatic hydroxyl groups is 2. The second-order valence-electron chi connectivity index (χ2n) is 36.7. The summed E-state index contributed by atoms with van der Waals surface area (Å²) < 4.78 is 31.7. The van der Waals surface area contributed by atoms with Crippen LogP contribution in [0.1, 0.15) is 170 Å². The van der Waals surface area contributed by atoms with E-state index in [9.17, 15) is 135 Å². The molecule has 2 saturated heterocycles. The quantitative estimate of drug-likeness (QED) is 0.0109. The van der Waals surface area contributed by atoms with Crippen LogP contribution in [0.4, 0.5) is 13.2 Å². The van der Waals surface area contributed by atoms with Gasteiger partial charge in [-0.05, 0) is 130 Å². The van der Waals surface area contributed by atoms with E-state index < -0.39 is 282 Å². The van der Waals surface area contributed by atoms with Crippen LogP contribution in [0.15, 0.2) is 61.1 Å². The van der Waals surface area contributed by atoms with Crippen LogP contribution in [-0.4, -0.2) is 327 Å². The standard InChI is InChI=1S/C89H137N23O25S.C2HF3O2/c1-12-47(10)71(84(132)102-59(35-50-21-25-53(116)26-22-50)79(127)104-61(36-51-38-94-42-97-51)86(134)111-30-14-17-64(111)87(135)112-31-15-18-65(112)88(136)137)109-82(130)69(45(6)7)108-81(129)63(41-138)106-75(123)55(16-13-29-95-89(92)93)100-78(126)58(34-49-19-23-52(115)24-20-49)101-77(125)57(33-44(4)5)98-67(118)39-96-74(122)62(40-113)105-80(128)60(37-68(119)120)103-85(133)72(48(11)114)110-83(131)70(46(8)9)107-76(124)56(27-28-66(91)117)99-73(121)54(90)32-43(2)3;3-2(4,5)1(6)7/h19-26,38,42-48,54-65,69-72,113-116,138H,12-18,27-37,39-41,90H2,1-11H3,(H2,91,117)(H,94,97)(H,96,122)(H,98,118)(H,99,121)(H,100,126)(H,101,125)(H,102,132)(H,103,133)(H,104,127)(H,105,128)(H,106,123)(H,107,124)(H,108,129)(H,109,130)(H,110,131)(H,119,120)(H,136,137)(H4,92,93,95);(H,6,7)/t47-,48+,54-,55-,56-,57-,58-,59-,60-,61-,62-,63-,64-,65-,69-,70-,71-,72-;/m0./s1. The zero-order chi connectivity index (χ0) is 109. The molecule has 806 valence electrons. The van der Waals surface area contributed by atoms with Gasteiger partial charge in [0.05, 0.1) is 38.0 Å². The molecule has 1 aromatic heterocycles. The van der Waals surface area contributed by atoms with Gasteiger partial charge >= 0.3 is 24.1 Å². The van der Waals surface area contributed by atoms with E-state index in [1.165, 1.54) is 84.7 Å². The molecule has 2 aliphatic rings. The molecule has 2 aromatic carbocycles. The number of rotatable bonds is 57. The lowest BCUT2D eigenvalue weighted by molar-refractivity contribution is -0.192. The highest BCUT2D eigenvalue weighted by Crippen LogP contribution is 2.28. The van der Waals surface area contributed by atoms with Gasteiger partial charge in [-0.3, -0.25) is 91.7 Å². The van der Waals surface area contributed by atoms with Crippen molar-refractivity contribution in [2.75, 3.05) is 38.5 Å². The van der Waals surface area contributed by atoms with Crippen LogP contribution in [-0.2, 0) is 115 Å². The van der Waals surface area contributed by atoms with Crippen LogP contribution in [0, 0.1) is 35.0 Å². The number of carboxylic acids is 3. The Morgan fingerprint density at radius 1 is 0.510 bits per heavy atom. The number of aliphatic carboxylic acids is 3. The average molecular weight is 2080 g/mol. The molecule has 3 heterocycles. The fourth-order valence-electron chi connectivity index (χ4n) is 15.2. The maximum atomic E-state index is 14.9. The van der Waals surface area contributed by atoms with Crippen molar-refractivity contribution in [3.63, 3.8) is 0 Å². The first-order valence-corrected chi connectivity index (χ1v) is 47.7. The first-order chi connectivity index (χ1) is 67.9. The number of imidazole rings is 1. The normalized spacial score (nSPS) is 16.7. The minimum Gasteiger partial charge on any atom is -0.508 e. The number of amides is 17. The maximum absolute atomic E-state index is 14.9. The van der Waals surface area contributed by atoms with Gasteiger partial charge in [0, 0.05) is 63.0 Å². The summed E-state index contributed by atoms with van der Waals surface area (Å²) in [5.74, 6) is -26.3. The van der Waals surface area contributed by atoms with Crippen LogP contribution in [0.2, 0.25) is 0 Å². The fourth-order valence-corrected chi connectivity index (χ4v) is 15.5. The molecule has 18 atom stereocenters. The van der Waals surface area contributed by atoms with Crippen molar-refractivity contribution in [1.82, 2.24) is 99.5 Å². The van der Waals surface area contributed by atoms with Crippen molar-refractivity contribution >= 4 is 137 Å². The number of phenols is 2. The van der Waals surface area contributed by atoms with Gasteiger partial charge in [0.1, 0.15) is 102 Å². The molecule has 0 radical (unpaired) electrons. The van der Waals surface area contributed by atoms with E-state index in [1.807, 2.05) is 0 Å². The van der Waals surface area contributed by atoms with E-state index in [2.05, 4.69) is 102 Å². The number of carbonyl (C=O) groups is 20. The summed E-state index contributed by atoms with van der Waals surface area (Å²) in [5, 5.41) is 113. The summed E-state index contributed by atoms with van der Waals surface area (Å²) in [6.07, 6.45) is -5.48. The van der Waals surface area contributed by atoms with Gasteiger partial charge in [-0.2, -0.15) is 25.8 Å². The minimum atomic E-state index is -5.08. The number of phenolic OH excluding ortho intramolecular Hbond substituents is 2. The van der Waals surface area contributed by atoms with E-state index in [0.29, 0.717) is 29.7 Å². The molecule has 0 unspecified atom stereocenters. The van der Waals surface area contributed by atoms with Crippen LogP contribution >= 0.6 is 12.6 Å². The number of nitrogens with two attached hydrogens (primary N) is 3. The molecule has 54 heteroatoms. The summed E-state index contributed by atoms with van der Waals surface area (Å²) in [6, 6.07) is -13.4. The number of aromatic amines is 1. The summed E-state index contributed by atoms with van der Waals surface area (Å²) in [7, 11) is 0. The number of guanidine groups is 1. The smallest absolute Gasteiger partial charge is 0.490 e. The van der Waals surface area contributed by atoms with Gasteiger partial charge in [-0.25, -0.2) is 14.6 Å². The molecular formula is C91H138F3N23O27S. The van der Waals surface area contributed by atoms with Crippen molar-refractivity contribution in [3.05, 3.63) is 77.9 Å². The topological polar surface area (TPSA) is 801 Å². The van der Waals surface area contributed by atoms with Crippen LogP contribution < -0.4 is 97.0 Å². The number of nitrogens with zero attached hydrogens (tertiary/aromatic N) is 3. The largest absolute Gasteiger partial charge is 0.508 e. The lowest BCUT2D eigenvalue weighted by atomic mass is 9.95. The summed E-state index contributed by atoms with van der Waals surface area (Å²) in [5.41, 5.74) is 18.1. The Morgan fingerprint density at radius 2 is 0.938 bits per heavy atom. The molecular weight excluding hydrogens is 1940 g/mol. The molecule has 0 spiro atoms. The van der Waals surface area contributed by atoms with Crippen molar-refractivity contribution in [2.45, 2.75) is 281 Å². The average Bonchev–Trinajstić information content (AvgIpc) is 1.66. The predicted molar refractivity (Wildman–Crippen MR) is 513 cm³/mol. The molecule has 2 fully saturated rings. The molecule has 0 saturated carbocycles. The molecule has 0 aliphatic carbocycles. The number of aliphatic hydroxyl groups excluding tert-OH is 2. The highest BCUT2D eigenvalue weighted by atomic mass is 32.1. The summed E-state index contributed by atoms with van der Waals surface area (Å²) in [4.78, 5) is 283. The third kappa shape index (κ3) is 41.7. The molecule has 30 N–H and O–H groups in total. The zero-order valence-electron chi connectivity index (χ0n) is 82.3. The molecule has 145 heavy (non-hydrogen) atoms. The molecule has 3 aromatic rings. The fraction of sp³-hybridized carbons (Fsp3) is 0.604. The van der Waals surface area contributed by atoms with Crippen LogP contribution in [0.3, 0.4) is 0 Å². The number of hydrogen-bond acceptors (Lipinski definition) is 28. The second-order valence-corrected chi connectivity index (χ2v) is 37.1. The summed E-state index contributed by atoms with van der Waals surface area (Å²) >= 11 is 4.38. The summed E-state index contributed by atoms with van der Waals surface area (Å²) in [6.45, 7) is 15.4. The van der Waals surface area contributed by atoms with E-state index in [-0.39, 0.29) is 114 Å². The number of carboxylic acid groups (broad SMARTS) is 3. The Bertz CT molecular complexity index is 4950. The van der Waals surface area contributed by atoms with Crippen LogP contribution in [0.5, 0.6) is 11.5 Å². The number of halogens is 3. The molecule has 5 rings (SSSR count). The van der Waals surface area contributed by atoms with Gasteiger partial charge in [-0.15, -0.1) is 0 Å². The molecule has 2 aliphatic heterocycles. The minimum absolute atomic E-state index is 0.000442. The first kappa shape index (κ1) is 123. The van der Waals surface area contributed by atoms with Crippen molar-refractivity contribution in [1.29, 1.82) is 5.41 Å². The van der Waals surface area contributed by atoms with Gasteiger partial charge in [0.25, 0.3) is 0 Å². The lowest BCUT2D eigenvalue weighted by Gasteiger charge is -2.33. The molecule has 0 bridgehead atoms. The first-order valence-electron chi connectivity index (χ1n) is 47.0. The van der Waals surface area contributed by atoms with Crippen molar-refractivity contribution < 1.29 is 145 Å². The van der Waals surface area contributed by atoms with Crippen molar-refractivity contribution in [2.24, 2.45) is 46.8 Å². The zero-order valence-corrected chi connectivity index (χ0v) is 83.2. The number of hydrogen-bond donors (Lipinski definition) is 28. The van der Waals surface area contributed by atoms with Gasteiger partial charge in [-0.1, -0.05) is 99.9 Å². The third-order valence-electron chi connectivity index (χ3n) is 23.3. The number of nitrogens with one attached hydrogen (secondary N) is 17. The molecule has 50 nitrogen and oxygen atoms in total. The number of aromatic nitrogens is 2. The van der Waals surface area contributed by atoms with E-state index in [4.69, 9.17) is 32.5 Å². The number of aromatic hydroxyl groups is 2. The number of benzene rings is 2. The Hall–Kier alpha value is -14.1. The number of thiol groups is 1. The Balaban J connectivity index is 0.00000602. The predicted octanol–water partition coefficient (Wildman–Crippen LogP) is -4.95. The van der Waals surface area contributed by atoms with Gasteiger partial charge < -0.3 is 147 Å². The highest BCUT2D eigenvalue weighted by Gasteiger charge is 2.47. The Kier molecular flexibility index (Phi) is 50.9. The molecule has 17 amide bonds. The monoisotopic (exact) mass is 2070 g/mol. The van der Waals surface area contributed by atoms with Crippen molar-refractivity contribution in [3.8, 4) is 11.5 Å².